The summed E-state index contributed by atoms with van der Waals surface area (Å²) in [6.07, 6.45) is 0. The van der Waals surface area contributed by atoms with Gasteiger partial charge in [-0.15, -0.1) is 11.3 Å². The Morgan fingerprint density at radius 2 is 1.95 bits per heavy atom. The van der Waals surface area contributed by atoms with Crippen LogP contribution in [0.4, 0.5) is 4.39 Å². The van der Waals surface area contributed by atoms with E-state index in [0.29, 0.717) is 0 Å². The highest BCUT2D eigenvalue weighted by Gasteiger charge is 2.16. The van der Waals surface area contributed by atoms with Crippen LogP contribution < -0.4 is 5.32 Å². The van der Waals surface area contributed by atoms with Crippen LogP contribution in [0.1, 0.15) is 30.5 Å². The Labute approximate surface area is 122 Å². The summed E-state index contributed by atoms with van der Waals surface area (Å²) in [6, 6.07) is 6.55. The predicted octanol–water partition coefficient (Wildman–Crippen LogP) is 3.29. The van der Waals surface area contributed by atoms with E-state index < -0.39 is 0 Å². The van der Waals surface area contributed by atoms with Gasteiger partial charge in [-0.1, -0.05) is 0 Å². The lowest BCUT2D eigenvalue weighted by Crippen LogP contribution is -2.31. The lowest BCUT2D eigenvalue weighted by Gasteiger charge is -2.17. The Balaban J connectivity index is 2.23. The molecule has 2 atom stereocenters. The summed E-state index contributed by atoms with van der Waals surface area (Å²) in [7, 11) is 0. The number of hydrogen-bond acceptors (Lipinski definition) is 4. The minimum atomic E-state index is -0.242. The van der Waals surface area contributed by atoms with Crippen molar-refractivity contribution < 1.29 is 9.50 Å². The van der Waals surface area contributed by atoms with E-state index in [2.05, 4.69) is 17.2 Å². The second kappa shape index (κ2) is 6.43. The fourth-order valence-corrected chi connectivity index (χ4v) is 3.16. The first-order valence-electron chi connectivity index (χ1n) is 6.61. The quantitative estimate of drug-likeness (QED) is 0.889. The molecule has 2 aromatic rings. The van der Waals surface area contributed by atoms with Crippen LogP contribution >= 0.6 is 11.3 Å². The first-order chi connectivity index (χ1) is 9.51. The van der Waals surface area contributed by atoms with Crippen LogP contribution in [-0.2, 0) is 0 Å². The third-order valence-corrected chi connectivity index (χ3v) is 4.51. The van der Waals surface area contributed by atoms with Crippen molar-refractivity contribution in [1.82, 2.24) is 10.3 Å². The number of hydrogen-bond donors (Lipinski definition) is 2. The molecule has 5 heteroatoms. The van der Waals surface area contributed by atoms with Crippen LogP contribution in [0.5, 0.6) is 0 Å². The molecule has 0 spiro atoms. The topological polar surface area (TPSA) is 45.2 Å². The molecule has 0 aliphatic heterocycles. The standard InChI is InChI=1S/C15H19FN2OS/c1-9(8-19)17-10(2)14-11(3)18-15(20-14)12-4-6-13(16)7-5-12/h4-7,9-10,17,19H,8H2,1-3H3/t9-,10?/m1/s1. The fraction of sp³-hybridized carbons (Fsp3) is 0.400. The van der Waals surface area contributed by atoms with Crippen molar-refractivity contribution in [3.63, 3.8) is 0 Å². The molecular weight excluding hydrogens is 275 g/mol. The molecule has 20 heavy (non-hydrogen) atoms. The molecule has 0 bridgehead atoms. The maximum atomic E-state index is 12.9. The Morgan fingerprint density at radius 3 is 2.55 bits per heavy atom. The van der Waals surface area contributed by atoms with Crippen molar-refractivity contribution in [2.24, 2.45) is 0 Å². The normalized spacial score (nSPS) is 14.2. The average molecular weight is 294 g/mol. The van der Waals surface area contributed by atoms with Gasteiger partial charge in [0, 0.05) is 22.5 Å². The number of nitrogens with one attached hydrogen (secondary N) is 1. The van der Waals surface area contributed by atoms with E-state index in [1.165, 1.54) is 12.1 Å². The summed E-state index contributed by atoms with van der Waals surface area (Å²) in [5, 5.41) is 13.3. The third kappa shape index (κ3) is 3.42. The molecule has 1 heterocycles. The van der Waals surface area contributed by atoms with E-state index in [9.17, 15) is 4.39 Å². The number of benzene rings is 1. The third-order valence-electron chi connectivity index (χ3n) is 3.13. The number of aliphatic hydroxyl groups excluding tert-OH is 1. The molecule has 1 unspecified atom stereocenters. The lowest BCUT2D eigenvalue weighted by atomic mass is 10.2. The molecule has 0 aliphatic rings. The molecule has 0 saturated heterocycles. The summed E-state index contributed by atoms with van der Waals surface area (Å²) in [4.78, 5) is 5.70. The highest BCUT2D eigenvalue weighted by Crippen LogP contribution is 2.31. The number of rotatable bonds is 5. The summed E-state index contributed by atoms with van der Waals surface area (Å²) >= 11 is 1.60. The van der Waals surface area contributed by atoms with Crippen LogP contribution in [0.3, 0.4) is 0 Å². The molecule has 0 saturated carbocycles. The van der Waals surface area contributed by atoms with Gasteiger partial charge in [-0.05, 0) is 45.0 Å². The van der Waals surface area contributed by atoms with Crippen molar-refractivity contribution in [2.45, 2.75) is 32.9 Å². The largest absolute Gasteiger partial charge is 0.395 e. The molecule has 0 fully saturated rings. The molecular formula is C15H19FN2OS. The van der Waals surface area contributed by atoms with Crippen LogP contribution in [0.15, 0.2) is 24.3 Å². The molecule has 2 rings (SSSR count). The van der Waals surface area contributed by atoms with Gasteiger partial charge in [-0.25, -0.2) is 9.37 Å². The summed E-state index contributed by atoms with van der Waals surface area (Å²) < 4.78 is 12.9. The highest BCUT2D eigenvalue weighted by atomic mass is 32.1. The fourth-order valence-electron chi connectivity index (χ4n) is 2.08. The van der Waals surface area contributed by atoms with Crippen molar-refractivity contribution in [3.8, 4) is 10.6 Å². The zero-order chi connectivity index (χ0) is 14.7. The second-order valence-corrected chi connectivity index (χ2v) is 5.98. The maximum absolute atomic E-state index is 12.9. The summed E-state index contributed by atoms with van der Waals surface area (Å²) in [5.41, 5.74) is 1.90. The second-order valence-electron chi connectivity index (χ2n) is 4.95. The number of aliphatic hydroxyl groups is 1. The average Bonchev–Trinajstić information content (AvgIpc) is 2.81. The Bertz CT molecular complexity index is 568. The highest BCUT2D eigenvalue weighted by molar-refractivity contribution is 7.15. The Hall–Kier alpha value is -1.30. The zero-order valence-electron chi connectivity index (χ0n) is 11.9. The van der Waals surface area contributed by atoms with Gasteiger partial charge in [0.25, 0.3) is 0 Å². The SMILES string of the molecule is Cc1nc(-c2ccc(F)cc2)sc1C(C)N[C@H](C)CO. The molecule has 0 aliphatic carbocycles. The molecule has 1 aromatic carbocycles. The van der Waals surface area contributed by atoms with E-state index in [-0.39, 0.29) is 24.5 Å². The molecule has 108 valence electrons. The smallest absolute Gasteiger partial charge is 0.123 e. The van der Waals surface area contributed by atoms with Gasteiger partial charge in [-0.3, -0.25) is 0 Å². The minimum absolute atomic E-state index is 0.0424. The summed E-state index contributed by atoms with van der Waals surface area (Å²) in [6.45, 7) is 6.07. The lowest BCUT2D eigenvalue weighted by molar-refractivity contribution is 0.243. The number of aromatic nitrogens is 1. The minimum Gasteiger partial charge on any atom is -0.395 e. The van der Waals surface area contributed by atoms with Gasteiger partial charge in [0.2, 0.25) is 0 Å². The molecule has 1 aromatic heterocycles. The van der Waals surface area contributed by atoms with Crippen LogP contribution in [-0.4, -0.2) is 22.7 Å². The molecule has 3 nitrogen and oxygen atoms in total. The van der Waals surface area contributed by atoms with Gasteiger partial charge in [0.15, 0.2) is 0 Å². The molecule has 0 amide bonds. The zero-order valence-corrected chi connectivity index (χ0v) is 12.7. The van der Waals surface area contributed by atoms with Gasteiger partial charge in [0.1, 0.15) is 10.8 Å². The first kappa shape index (κ1) is 15.1. The van der Waals surface area contributed by atoms with E-state index >= 15 is 0 Å². The van der Waals surface area contributed by atoms with Crippen molar-refractivity contribution in [1.29, 1.82) is 0 Å². The maximum Gasteiger partial charge on any atom is 0.123 e. The van der Waals surface area contributed by atoms with Gasteiger partial charge in [0.05, 0.1) is 12.3 Å². The van der Waals surface area contributed by atoms with Crippen molar-refractivity contribution in [3.05, 3.63) is 40.7 Å². The van der Waals surface area contributed by atoms with Gasteiger partial charge in [-0.2, -0.15) is 0 Å². The Morgan fingerprint density at radius 1 is 1.30 bits per heavy atom. The van der Waals surface area contributed by atoms with E-state index in [4.69, 9.17) is 5.11 Å². The number of aryl methyl sites for hydroxylation is 1. The summed E-state index contributed by atoms with van der Waals surface area (Å²) in [5.74, 6) is -0.242. The van der Waals surface area contributed by atoms with Gasteiger partial charge < -0.3 is 10.4 Å². The van der Waals surface area contributed by atoms with Crippen molar-refractivity contribution in [2.75, 3.05) is 6.61 Å². The monoisotopic (exact) mass is 294 g/mol. The number of halogens is 1. The van der Waals surface area contributed by atoms with Gasteiger partial charge >= 0.3 is 0 Å². The van der Waals surface area contributed by atoms with Crippen LogP contribution in [0.25, 0.3) is 10.6 Å². The number of thiazole rings is 1. The predicted molar refractivity (Wildman–Crippen MR) is 80.3 cm³/mol. The first-order valence-corrected chi connectivity index (χ1v) is 7.43. The van der Waals surface area contributed by atoms with Crippen LogP contribution in [0, 0.1) is 12.7 Å². The Kier molecular flexibility index (Phi) is 4.86. The van der Waals surface area contributed by atoms with E-state index in [0.717, 1.165) is 21.1 Å². The van der Waals surface area contributed by atoms with Crippen LogP contribution in [0.2, 0.25) is 0 Å². The van der Waals surface area contributed by atoms with E-state index in [1.54, 1.807) is 23.5 Å². The molecule has 0 radical (unpaired) electrons. The van der Waals surface area contributed by atoms with Crippen molar-refractivity contribution >= 4 is 11.3 Å². The number of nitrogens with zero attached hydrogens (tertiary/aromatic N) is 1. The molecule has 2 N–H and O–H groups in total. The van der Waals surface area contributed by atoms with E-state index in [1.807, 2.05) is 13.8 Å².